The molecule has 0 bridgehead atoms. The van der Waals surface area contributed by atoms with Crippen molar-refractivity contribution >= 4 is 21.7 Å². The number of hydrogen-bond donors (Lipinski definition) is 0. The highest BCUT2D eigenvalue weighted by Gasteiger charge is 2.15. The molecule has 0 saturated carbocycles. The van der Waals surface area contributed by atoms with Crippen LogP contribution < -0.4 is 0 Å². The van der Waals surface area contributed by atoms with E-state index < -0.39 is 0 Å². The zero-order chi connectivity index (χ0) is 13.1. The van der Waals surface area contributed by atoms with E-state index in [2.05, 4.69) is 35.8 Å². The van der Waals surface area contributed by atoms with Crippen molar-refractivity contribution in [2.24, 2.45) is 5.92 Å². The molecule has 3 heteroatoms. The fourth-order valence-electron chi connectivity index (χ4n) is 1.92. The molecule has 0 aliphatic carbocycles. The third-order valence-electron chi connectivity index (χ3n) is 2.70. The van der Waals surface area contributed by atoms with Crippen LogP contribution in [0.4, 0.5) is 0 Å². The number of rotatable bonds is 4. The molecule has 0 unspecified atom stereocenters. The van der Waals surface area contributed by atoms with Crippen LogP contribution in [0.25, 0.3) is 0 Å². The largest absolute Gasteiger partial charge is 0.457 e. The van der Waals surface area contributed by atoms with Crippen LogP contribution in [0.5, 0.6) is 0 Å². The Morgan fingerprint density at radius 2 is 2.11 bits per heavy atom. The van der Waals surface area contributed by atoms with E-state index >= 15 is 0 Å². The summed E-state index contributed by atoms with van der Waals surface area (Å²) in [4.78, 5) is 12.3. The Labute approximate surface area is 115 Å². The maximum Gasteiger partial charge on any atom is 0.197 e. The Hall–Kier alpha value is -1.35. The first-order chi connectivity index (χ1) is 8.58. The molecule has 18 heavy (non-hydrogen) atoms. The lowest BCUT2D eigenvalue weighted by atomic mass is 9.98. The van der Waals surface area contributed by atoms with Gasteiger partial charge >= 0.3 is 0 Å². The number of carbonyl (C=O) groups excluding carboxylic acids is 1. The van der Waals surface area contributed by atoms with E-state index in [4.69, 9.17) is 4.42 Å². The number of ketones is 1. The minimum absolute atomic E-state index is 0.0127. The van der Waals surface area contributed by atoms with Crippen molar-refractivity contribution in [3.8, 4) is 0 Å². The average molecular weight is 307 g/mol. The van der Waals surface area contributed by atoms with Crippen LogP contribution in [0.2, 0.25) is 0 Å². The molecule has 0 aliphatic rings. The van der Waals surface area contributed by atoms with Gasteiger partial charge in [0.25, 0.3) is 0 Å². The number of furan rings is 1. The van der Waals surface area contributed by atoms with Crippen molar-refractivity contribution in [3.63, 3.8) is 0 Å². The van der Waals surface area contributed by atoms with Crippen LogP contribution in [0.1, 0.15) is 35.3 Å². The second-order valence-electron chi connectivity index (χ2n) is 4.74. The number of hydrogen-bond acceptors (Lipinski definition) is 2. The maximum absolute atomic E-state index is 12.3. The minimum atomic E-state index is -0.0127. The van der Waals surface area contributed by atoms with Crippen molar-refractivity contribution in [1.82, 2.24) is 0 Å². The molecule has 2 nitrogen and oxygen atoms in total. The molecule has 1 aromatic carbocycles. The normalized spacial score (nSPS) is 10.9. The second kappa shape index (κ2) is 5.53. The Bertz CT molecular complexity index is 555. The summed E-state index contributed by atoms with van der Waals surface area (Å²) in [5.41, 5.74) is 2.46. The molecule has 2 aromatic rings. The van der Waals surface area contributed by atoms with Crippen LogP contribution in [0.3, 0.4) is 0 Å². The van der Waals surface area contributed by atoms with Gasteiger partial charge in [0.1, 0.15) is 0 Å². The van der Waals surface area contributed by atoms with E-state index in [1.165, 1.54) is 11.8 Å². The van der Waals surface area contributed by atoms with Gasteiger partial charge in [0.15, 0.2) is 10.5 Å². The van der Waals surface area contributed by atoms with E-state index in [-0.39, 0.29) is 5.78 Å². The summed E-state index contributed by atoms with van der Waals surface area (Å²) in [7, 11) is 0. The lowest BCUT2D eigenvalue weighted by molar-refractivity contribution is 0.103. The summed E-state index contributed by atoms with van der Waals surface area (Å²) >= 11 is 3.24. The summed E-state index contributed by atoms with van der Waals surface area (Å²) in [5.74, 6) is 0.567. The first-order valence-electron chi connectivity index (χ1n) is 5.94. The molecule has 0 amide bonds. The standard InChI is InChI=1S/C15H15BrO2/c1-10(2)8-11-4-3-5-12(9-11)14(17)13-6-7-18-15(13)16/h3-7,9-10H,8H2,1-2H3. The SMILES string of the molecule is CC(C)Cc1cccc(C(=O)c2ccoc2Br)c1. The number of benzene rings is 1. The lowest BCUT2D eigenvalue weighted by Gasteiger charge is -2.06. The Kier molecular flexibility index (Phi) is 4.02. The van der Waals surface area contributed by atoms with E-state index in [0.29, 0.717) is 21.7 Å². The third kappa shape index (κ3) is 2.91. The van der Waals surface area contributed by atoms with Crippen LogP contribution in [-0.4, -0.2) is 5.78 Å². The molecule has 1 heterocycles. The van der Waals surface area contributed by atoms with Gasteiger partial charge in [0.2, 0.25) is 0 Å². The van der Waals surface area contributed by atoms with Gasteiger partial charge < -0.3 is 4.42 Å². The number of carbonyl (C=O) groups is 1. The zero-order valence-electron chi connectivity index (χ0n) is 10.4. The van der Waals surface area contributed by atoms with Crippen molar-refractivity contribution in [2.75, 3.05) is 0 Å². The van der Waals surface area contributed by atoms with E-state index in [0.717, 1.165) is 6.42 Å². The Morgan fingerprint density at radius 3 is 2.72 bits per heavy atom. The van der Waals surface area contributed by atoms with Crippen molar-refractivity contribution in [3.05, 3.63) is 58.0 Å². The molecule has 94 valence electrons. The van der Waals surface area contributed by atoms with E-state index in [1.54, 1.807) is 6.07 Å². The quantitative estimate of drug-likeness (QED) is 0.780. The number of halogens is 1. The molecule has 0 N–H and O–H groups in total. The molecule has 0 saturated heterocycles. The molecular weight excluding hydrogens is 292 g/mol. The van der Waals surface area contributed by atoms with Gasteiger partial charge in [-0.15, -0.1) is 0 Å². The van der Waals surface area contributed by atoms with Gasteiger partial charge in [-0.05, 0) is 46.0 Å². The Morgan fingerprint density at radius 1 is 1.33 bits per heavy atom. The van der Waals surface area contributed by atoms with Crippen LogP contribution in [-0.2, 0) is 6.42 Å². The fraction of sp³-hybridized carbons (Fsp3) is 0.267. The van der Waals surface area contributed by atoms with Crippen molar-refractivity contribution in [2.45, 2.75) is 20.3 Å². The van der Waals surface area contributed by atoms with Crippen molar-refractivity contribution < 1.29 is 9.21 Å². The molecule has 0 radical (unpaired) electrons. The summed E-state index contributed by atoms with van der Waals surface area (Å²) in [6.07, 6.45) is 2.49. The maximum atomic E-state index is 12.3. The van der Waals surface area contributed by atoms with Crippen LogP contribution >= 0.6 is 15.9 Å². The molecular formula is C15H15BrO2. The fourth-order valence-corrected chi connectivity index (χ4v) is 2.34. The molecule has 0 spiro atoms. The van der Waals surface area contributed by atoms with Gasteiger partial charge in [0.05, 0.1) is 11.8 Å². The minimum Gasteiger partial charge on any atom is -0.457 e. The van der Waals surface area contributed by atoms with Gasteiger partial charge in [-0.3, -0.25) is 4.79 Å². The Balaban J connectivity index is 2.29. The highest BCUT2D eigenvalue weighted by Crippen LogP contribution is 2.22. The summed E-state index contributed by atoms with van der Waals surface area (Å²) in [5, 5.41) is 0. The second-order valence-corrected chi connectivity index (χ2v) is 5.46. The lowest BCUT2D eigenvalue weighted by Crippen LogP contribution is -2.02. The van der Waals surface area contributed by atoms with Gasteiger partial charge in [0, 0.05) is 5.56 Å². The smallest absolute Gasteiger partial charge is 0.197 e. The van der Waals surface area contributed by atoms with E-state index in [1.807, 2.05) is 18.2 Å². The average Bonchev–Trinajstić information content (AvgIpc) is 2.74. The first-order valence-corrected chi connectivity index (χ1v) is 6.74. The summed E-state index contributed by atoms with van der Waals surface area (Å²) in [6, 6.07) is 9.47. The molecule has 0 fully saturated rings. The predicted octanol–water partition coefficient (Wildman–Crippen LogP) is 4.47. The van der Waals surface area contributed by atoms with Gasteiger partial charge in [-0.1, -0.05) is 32.0 Å². The highest BCUT2D eigenvalue weighted by molar-refractivity contribution is 9.10. The monoisotopic (exact) mass is 306 g/mol. The predicted molar refractivity (Wildman–Crippen MR) is 74.8 cm³/mol. The first kappa shape index (κ1) is 13.1. The molecule has 0 aliphatic heterocycles. The molecule has 2 rings (SSSR count). The van der Waals surface area contributed by atoms with Gasteiger partial charge in [-0.25, -0.2) is 0 Å². The topological polar surface area (TPSA) is 30.2 Å². The summed E-state index contributed by atoms with van der Waals surface area (Å²) < 4.78 is 5.59. The highest BCUT2D eigenvalue weighted by atomic mass is 79.9. The van der Waals surface area contributed by atoms with Crippen LogP contribution in [0, 0.1) is 5.92 Å². The third-order valence-corrected chi connectivity index (χ3v) is 3.31. The zero-order valence-corrected chi connectivity index (χ0v) is 12.0. The summed E-state index contributed by atoms with van der Waals surface area (Å²) in [6.45, 7) is 4.34. The molecule has 0 atom stereocenters. The van der Waals surface area contributed by atoms with Gasteiger partial charge in [-0.2, -0.15) is 0 Å². The van der Waals surface area contributed by atoms with Crippen molar-refractivity contribution in [1.29, 1.82) is 0 Å². The van der Waals surface area contributed by atoms with Crippen LogP contribution in [0.15, 0.2) is 45.7 Å². The van der Waals surface area contributed by atoms with E-state index in [9.17, 15) is 4.79 Å². The molecule has 1 aromatic heterocycles.